The Morgan fingerprint density at radius 2 is 2.16 bits per heavy atom. The normalized spacial score (nSPS) is 11.7. The number of nitrogens with zero attached hydrogens (tertiary/aromatic N) is 1. The van der Waals surface area contributed by atoms with Gasteiger partial charge < -0.3 is 9.73 Å². The predicted octanol–water partition coefficient (Wildman–Crippen LogP) is 1.87. The van der Waals surface area contributed by atoms with Gasteiger partial charge in [-0.1, -0.05) is 0 Å². The molecule has 6 nitrogen and oxygen atoms in total. The van der Waals surface area contributed by atoms with Gasteiger partial charge in [-0.15, -0.1) is 11.3 Å². The fraction of sp³-hybridized carbons (Fsp3) is 0.364. The second-order valence-corrected chi connectivity index (χ2v) is 6.93. The third kappa shape index (κ3) is 3.14. The fourth-order valence-electron chi connectivity index (χ4n) is 1.62. The zero-order chi connectivity index (χ0) is 14.0. The lowest BCUT2D eigenvalue weighted by Gasteiger charge is -2.02. The molecule has 2 heterocycles. The van der Waals surface area contributed by atoms with Crippen LogP contribution in [0.3, 0.4) is 0 Å². The van der Waals surface area contributed by atoms with Crippen LogP contribution in [0, 0.1) is 13.8 Å². The van der Waals surface area contributed by atoms with Gasteiger partial charge in [-0.3, -0.25) is 4.72 Å². The Hall–Kier alpha value is -1.38. The van der Waals surface area contributed by atoms with Gasteiger partial charge in [0.2, 0.25) is 0 Å². The topological polar surface area (TPSA) is 84.2 Å². The van der Waals surface area contributed by atoms with Gasteiger partial charge in [0.25, 0.3) is 10.0 Å². The summed E-state index contributed by atoms with van der Waals surface area (Å²) in [7, 11) is -1.89. The van der Waals surface area contributed by atoms with Crippen molar-refractivity contribution in [2.24, 2.45) is 0 Å². The highest BCUT2D eigenvalue weighted by Crippen LogP contribution is 2.24. The molecule has 0 aliphatic heterocycles. The number of sulfonamides is 1. The first kappa shape index (κ1) is 14.0. The summed E-state index contributed by atoms with van der Waals surface area (Å²) < 4.78 is 32.3. The van der Waals surface area contributed by atoms with Crippen LogP contribution in [0.1, 0.15) is 16.4 Å². The monoisotopic (exact) mass is 301 g/mol. The summed E-state index contributed by atoms with van der Waals surface area (Å²) in [6.45, 7) is 3.97. The zero-order valence-electron chi connectivity index (χ0n) is 10.9. The first-order valence-corrected chi connectivity index (χ1v) is 7.91. The molecule has 0 unspecified atom stereocenters. The molecule has 0 saturated heterocycles. The Morgan fingerprint density at radius 3 is 2.74 bits per heavy atom. The molecule has 0 aliphatic carbocycles. The van der Waals surface area contributed by atoms with Gasteiger partial charge in [0.05, 0.1) is 6.54 Å². The van der Waals surface area contributed by atoms with Crippen LogP contribution < -0.4 is 10.0 Å². The average molecular weight is 301 g/mol. The van der Waals surface area contributed by atoms with E-state index in [4.69, 9.17) is 4.42 Å². The molecule has 0 aromatic carbocycles. The fourth-order valence-corrected chi connectivity index (χ4v) is 3.74. The quantitative estimate of drug-likeness (QED) is 0.881. The lowest BCUT2D eigenvalue weighted by atomic mass is 10.4. The Morgan fingerprint density at radius 1 is 1.42 bits per heavy atom. The summed E-state index contributed by atoms with van der Waals surface area (Å²) in [6.07, 6.45) is 1.62. The first-order chi connectivity index (χ1) is 8.92. The minimum absolute atomic E-state index is 0.144. The van der Waals surface area contributed by atoms with E-state index in [2.05, 4.69) is 15.0 Å². The molecule has 0 amide bonds. The van der Waals surface area contributed by atoms with E-state index in [0.717, 1.165) is 4.88 Å². The van der Waals surface area contributed by atoms with Gasteiger partial charge in [-0.25, -0.2) is 13.4 Å². The Kier molecular flexibility index (Phi) is 3.93. The molecule has 0 atom stereocenters. The van der Waals surface area contributed by atoms with E-state index in [1.807, 2.05) is 6.92 Å². The molecule has 0 aliphatic rings. The molecular formula is C11H15N3O3S2. The molecule has 0 saturated carbocycles. The average Bonchev–Trinajstić information content (AvgIpc) is 2.86. The van der Waals surface area contributed by atoms with Crippen LogP contribution in [0.15, 0.2) is 21.6 Å². The molecule has 0 radical (unpaired) electrons. The Bertz CT molecular complexity index is 673. The molecule has 0 spiro atoms. The van der Waals surface area contributed by atoms with Crippen molar-refractivity contribution < 1.29 is 12.8 Å². The maximum atomic E-state index is 12.2. The second-order valence-electron chi connectivity index (χ2n) is 4.05. The molecule has 19 heavy (non-hydrogen) atoms. The lowest BCUT2D eigenvalue weighted by molar-refractivity contribution is 0.466. The van der Waals surface area contributed by atoms with Crippen LogP contribution in [-0.4, -0.2) is 20.4 Å². The van der Waals surface area contributed by atoms with Crippen molar-refractivity contribution in [3.63, 3.8) is 0 Å². The number of aryl methyl sites for hydroxylation is 2. The third-order valence-electron chi connectivity index (χ3n) is 2.41. The molecule has 8 heteroatoms. The van der Waals surface area contributed by atoms with Crippen LogP contribution >= 0.6 is 11.3 Å². The molecular weight excluding hydrogens is 286 g/mol. The number of rotatable bonds is 5. The number of hydrogen-bond acceptors (Lipinski definition) is 6. The summed E-state index contributed by atoms with van der Waals surface area (Å²) in [6, 6.07) is 1.52. The van der Waals surface area contributed by atoms with E-state index in [0.29, 0.717) is 23.2 Å². The van der Waals surface area contributed by atoms with Crippen molar-refractivity contribution in [1.82, 2.24) is 10.3 Å². The SMILES string of the molecule is CNCc1cc(S(=O)(=O)Nc2ncc(C)s2)c(C)o1. The molecule has 0 fully saturated rings. The largest absolute Gasteiger partial charge is 0.464 e. The van der Waals surface area contributed by atoms with Crippen molar-refractivity contribution in [3.8, 4) is 0 Å². The van der Waals surface area contributed by atoms with Gasteiger partial charge >= 0.3 is 0 Å². The summed E-state index contributed by atoms with van der Waals surface area (Å²) in [5, 5.41) is 3.26. The van der Waals surface area contributed by atoms with Gasteiger partial charge in [0, 0.05) is 17.1 Å². The van der Waals surface area contributed by atoms with Crippen molar-refractivity contribution in [2.45, 2.75) is 25.3 Å². The number of nitrogens with one attached hydrogen (secondary N) is 2. The second kappa shape index (κ2) is 5.32. The summed E-state index contributed by atoms with van der Waals surface area (Å²) in [4.78, 5) is 5.07. The summed E-state index contributed by atoms with van der Waals surface area (Å²) in [5.41, 5.74) is 0. The molecule has 2 aromatic heterocycles. The summed E-state index contributed by atoms with van der Waals surface area (Å²) >= 11 is 1.29. The molecule has 0 bridgehead atoms. The number of thiazole rings is 1. The highest BCUT2D eigenvalue weighted by Gasteiger charge is 2.22. The maximum Gasteiger partial charge on any atom is 0.267 e. The van der Waals surface area contributed by atoms with Crippen molar-refractivity contribution in [1.29, 1.82) is 0 Å². The van der Waals surface area contributed by atoms with Crippen LogP contribution in [-0.2, 0) is 16.6 Å². The van der Waals surface area contributed by atoms with Gasteiger partial charge in [-0.2, -0.15) is 0 Å². The van der Waals surface area contributed by atoms with E-state index in [1.165, 1.54) is 17.4 Å². The van der Waals surface area contributed by atoms with E-state index >= 15 is 0 Å². The van der Waals surface area contributed by atoms with E-state index in [-0.39, 0.29) is 4.90 Å². The highest BCUT2D eigenvalue weighted by molar-refractivity contribution is 7.93. The van der Waals surface area contributed by atoms with Crippen LogP contribution in [0.2, 0.25) is 0 Å². The smallest absolute Gasteiger partial charge is 0.267 e. The van der Waals surface area contributed by atoms with E-state index in [1.54, 1.807) is 20.2 Å². The molecule has 2 aromatic rings. The third-order valence-corrected chi connectivity index (χ3v) is 4.81. The molecule has 104 valence electrons. The minimum atomic E-state index is -3.65. The van der Waals surface area contributed by atoms with Gasteiger partial charge in [0.15, 0.2) is 5.13 Å². The van der Waals surface area contributed by atoms with E-state index < -0.39 is 10.0 Å². The Balaban J connectivity index is 2.28. The number of aromatic nitrogens is 1. The van der Waals surface area contributed by atoms with Crippen molar-refractivity contribution in [2.75, 3.05) is 11.8 Å². The first-order valence-electron chi connectivity index (χ1n) is 5.61. The highest BCUT2D eigenvalue weighted by atomic mass is 32.2. The van der Waals surface area contributed by atoms with Crippen LogP contribution in [0.25, 0.3) is 0 Å². The predicted molar refractivity (Wildman–Crippen MR) is 73.9 cm³/mol. The molecule has 2 rings (SSSR count). The number of furan rings is 1. The summed E-state index contributed by atoms with van der Waals surface area (Å²) in [5.74, 6) is 0.946. The van der Waals surface area contributed by atoms with Crippen LogP contribution in [0.5, 0.6) is 0 Å². The van der Waals surface area contributed by atoms with Crippen molar-refractivity contribution >= 4 is 26.5 Å². The Labute approximate surface area is 115 Å². The number of anilines is 1. The van der Waals surface area contributed by atoms with Crippen LogP contribution in [0.4, 0.5) is 5.13 Å². The standard InChI is InChI=1S/C11H15N3O3S2/c1-7-5-13-11(18-7)14-19(15,16)10-4-9(6-12-3)17-8(10)2/h4-5,12H,6H2,1-3H3,(H,13,14). The maximum absolute atomic E-state index is 12.2. The zero-order valence-corrected chi connectivity index (χ0v) is 12.5. The minimum Gasteiger partial charge on any atom is -0.464 e. The van der Waals surface area contributed by atoms with Gasteiger partial charge in [-0.05, 0) is 20.9 Å². The van der Waals surface area contributed by atoms with Gasteiger partial charge in [0.1, 0.15) is 16.4 Å². The number of hydrogen-bond donors (Lipinski definition) is 2. The van der Waals surface area contributed by atoms with E-state index in [9.17, 15) is 8.42 Å². The lowest BCUT2D eigenvalue weighted by Crippen LogP contribution is -2.13. The van der Waals surface area contributed by atoms with Crippen molar-refractivity contribution in [3.05, 3.63) is 28.7 Å². The molecule has 2 N–H and O–H groups in total.